The number of benzene rings is 2. The molecule has 0 saturated carbocycles. The monoisotopic (exact) mass is 302 g/mol. The van der Waals surface area contributed by atoms with Crippen molar-refractivity contribution in [2.75, 3.05) is 4.72 Å². The molecule has 0 aromatic heterocycles. The van der Waals surface area contributed by atoms with Crippen LogP contribution in [0.5, 0.6) is 5.75 Å². The van der Waals surface area contributed by atoms with E-state index in [4.69, 9.17) is 5.26 Å². The molecule has 0 aliphatic rings. The third-order valence-electron chi connectivity index (χ3n) is 3.07. The number of phenolic OH excluding ortho intramolecular Hbond substituents is 1. The number of nitrogens with zero attached hydrogens (tertiary/aromatic N) is 1. The quantitative estimate of drug-likeness (QED) is 0.908. The second kappa shape index (κ2) is 5.85. The lowest BCUT2D eigenvalue weighted by Gasteiger charge is -2.11. The van der Waals surface area contributed by atoms with Crippen LogP contribution in [0.2, 0.25) is 0 Å². The lowest BCUT2D eigenvalue weighted by atomic mass is 10.2. The summed E-state index contributed by atoms with van der Waals surface area (Å²) in [7, 11) is -3.73. The summed E-state index contributed by atoms with van der Waals surface area (Å²) in [5.41, 5.74) is 1.54. The Balaban J connectivity index is 2.30. The van der Waals surface area contributed by atoms with E-state index in [0.717, 1.165) is 5.56 Å². The molecule has 0 atom stereocenters. The Morgan fingerprint density at radius 2 is 1.86 bits per heavy atom. The van der Waals surface area contributed by atoms with Crippen molar-refractivity contribution in [3.05, 3.63) is 53.6 Å². The molecule has 2 aromatic rings. The maximum absolute atomic E-state index is 12.3. The van der Waals surface area contributed by atoms with Gasteiger partial charge < -0.3 is 5.11 Å². The number of rotatable bonds is 4. The lowest BCUT2D eigenvalue weighted by Crippen LogP contribution is -2.13. The average molecular weight is 302 g/mol. The number of aromatic hydroxyl groups is 1. The first-order valence-electron chi connectivity index (χ1n) is 6.21. The Labute approximate surface area is 123 Å². The number of phenols is 1. The van der Waals surface area contributed by atoms with Crippen LogP contribution < -0.4 is 4.72 Å². The van der Waals surface area contributed by atoms with E-state index in [-0.39, 0.29) is 17.1 Å². The molecule has 0 aliphatic carbocycles. The SMILES string of the molecule is Cc1c(O)cccc1NS(=O)(=O)c1ccc(CC#N)cc1. The predicted octanol–water partition coefficient (Wildman–Crippen LogP) is 2.57. The number of hydrogen-bond donors (Lipinski definition) is 2. The van der Waals surface area contributed by atoms with E-state index in [1.807, 2.05) is 6.07 Å². The van der Waals surface area contributed by atoms with Gasteiger partial charge in [-0.3, -0.25) is 4.72 Å². The van der Waals surface area contributed by atoms with Gasteiger partial charge in [-0.2, -0.15) is 5.26 Å². The summed E-state index contributed by atoms with van der Waals surface area (Å²) < 4.78 is 27.0. The molecule has 108 valence electrons. The molecule has 0 spiro atoms. The molecule has 2 N–H and O–H groups in total. The number of anilines is 1. The summed E-state index contributed by atoms with van der Waals surface area (Å²) in [5, 5.41) is 18.2. The molecular formula is C15H14N2O3S. The fraction of sp³-hybridized carbons (Fsp3) is 0.133. The van der Waals surface area contributed by atoms with Crippen LogP contribution in [0.4, 0.5) is 5.69 Å². The minimum atomic E-state index is -3.73. The largest absolute Gasteiger partial charge is 0.508 e. The summed E-state index contributed by atoms with van der Waals surface area (Å²) in [5.74, 6) is 0.0274. The highest BCUT2D eigenvalue weighted by atomic mass is 32.2. The van der Waals surface area contributed by atoms with E-state index in [0.29, 0.717) is 11.3 Å². The van der Waals surface area contributed by atoms with Crippen LogP contribution in [0, 0.1) is 18.3 Å². The van der Waals surface area contributed by atoms with E-state index in [1.165, 1.54) is 18.2 Å². The second-order valence-corrected chi connectivity index (χ2v) is 6.22. The predicted molar refractivity (Wildman–Crippen MR) is 79.4 cm³/mol. The minimum absolute atomic E-state index is 0.0274. The fourth-order valence-corrected chi connectivity index (χ4v) is 2.94. The van der Waals surface area contributed by atoms with E-state index < -0.39 is 10.0 Å². The van der Waals surface area contributed by atoms with Crippen LogP contribution in [0.3, 0.4) is 0 Å². The maximum atomic E-state index is 12.3. The van der Waals surface area contributed by atoms with Gasteiger partial charge in [0.2, 0.25) is 0 Å². The molecule has 0 radical (unpaired) electrons. The van der Waals surface area contributed by atoms with Gasteiger partial charge in [-0.1, -0.05) is 18.2 Å². The van der Waals surface area contributed by atoms with E-state index in [9.17, 15) is 13.5 Å². The highest BCUT2D eigenvalue weighted by Crippen LogP contribution is 2.26. The highest BCUT2D eigenvalue weighted by molar-refractivity contribution is 7.92. The molecular weight excluding hydrogens is 288 g/mol. The maximum Gasteiger partial charge on any atom is 0.261 e. The van der Waals surface area contributed by atoms with Gasteiger partial charge in [-0.05, 0) is 36.8 Å². The molecule has 0 fully saturated rings. The second-order valence-electron chi connectivity index (χ2n) is 4.53. The number of nitrogens with one attached hydrogen (secondary N) is 1. The Morgan fingerprint density at radius 3 is 2.48 bits per heavy atom. The zero-order chi connectivity index (χ0) is 15.5. The van der Waals surface area contributed by atoms with E-state index >= 15 is 0 Å². The minimum Gasteiger partial charge on any atom is -0.508 e. The zero-order valence-electron chi connectivity index (χ0n) is 11.4. The van der Waals surface area contributed by atoms with Crippen molar-refractivity contribution in [2.45, 2.75) is 18.2 Å². The molecule has 6 heteroatoms. The molecule has 0 heterocycles. The molecule has 5 nitrogen and oxygen atoms in total. The van der Waals surface area contributed by atoms with Gasteiger partial charge >= 0.3 is 0 Å². The van der Waals surface area contributed by atoms with E-state index in [2.05, 4.69) is 4.72 Å². The van der Waals surface area contributed by atoms with Gasteiger partial charge in [0.15, 0.2) is 0 Å². The van der Waals surface area contributed by atoms with Gasteiger partial charge in [-0.25, -0.2) is 8.42 Å². The average Bonchev–Trinajstić information content (AvgIpc) is 2.45. The van der Waals surface area contributed by atoms with Crippen LogP contribution in [0.1, 0.15) is 11.1 Å². The Kier molecular flexibility index (Phi) is 4.15. The molecule has 2 rings (SSSR count). The van der Waals surface area contributed by atoms with E-state index in [1.54, 1.807) is 31.2 Å². The summed E-state index contributed by atoms with van der Waals surface area (Å²) in [6.07, 6.45) is 0.236. The molecule has 0 bridgehead atoms. The fourth-order valence-electron chi connectivity index (χ4n) is 1.82. The zero-order valence-corrected chi connectivity index (χ0v) is 12.2. The van der Waals surface area contributed by atoms with Crippen molar-refractivity contribution in [3.63, 3.8) is 0 Å². The number of sulfonamides is 1. The van der Waals surface area contributed by atoms with Crippen molar-refractivity contribution in [3.8, 4) is 11.8 Å². The summed E-state index contributed by atoms with van der Waals surface area (Å²) in [6.45, 7) is 1.63. The Bertz CT molecular complexity index is 791. The van der Waals surface area contributed by atoms with Crippen molar-refractivity contribution in [2.24, 2.45) is 0 Å². The van der Waals surface area contributed by atoms with Gasteiger partial charge in [0, 0.05) is 5.56 Å². The molecule has 0 unspecified atom stereocenters. The summed E-state index contributed by atoms with van der Waals surface area (Å²) in [6, 6.07) is 12.8. The number of nitriles is 1. The summed E-state index contributed by atoms with van der Waals surface area (Å²) >= 11 is 0. The van der Waals surface area contributed by atoms with Gasteiger partial charge in [-0.15, -0.1) is 0 Å². The molecule has 0 amide bonds. The molecule has 21 heavy (non-hydrogen) atoms. The Hall–Kier alpha value is -2.52. The van der Waals surface area contributed by atoms with Gasteiger partial charge in [0.1, 0.15) is 5.75 Å². The normalized spacial score (nSPS) is 10.9. The molecule has 0 aliphatic heterocycles. The van der Waals surface area contributed by atoms with Gasteiger partial charge in [0.05, 0.1) is 23.1 Å². The van der Waals surface area contributed by atoms with Gasteiger partial charge in [0.25, 0.3) is 10.0 Å². The van der Waals surface area contributed by atoms with Crippen LogP contribution in [0.25, 0.3) is 0 Å². The molecule has 0 saturated heterocycles. The first-order valence-corrected chi connectivity index (χ1v) is 7.69. The van der Waals surface area contributed by atoms with Crippen LogP contribution in [-0.4, -0.2) is 13.5 Å². The van der Waals surface area contributed by atoms with Crippen molar-refractivity contribution < 1.29 is 13.5 Å². The van der Waals surface area contributed by atoms with Crippen LogP contribution in [0.15, 0.2) is 47.4 Å². The highest BCUT2D eigenvalue weighted by Gasteiger charge is 2.15. The molecule has 2 aromatic carbocycles. The standard InChI is InChI=1S/C15H14N2O3S/c1-11-14(3-2-4-15(11)18)17-21(19,20)13-7-5-12(6-8-13)9-10-16/h2-8,17-18H,9H2,1H3. The van der Waals surface area contributed by atoms with Crippen molar-refractivity contribution >= 4 is 15.7 Å². The van der Waals surface area contributed by atoms with Crippen molar-refractivity contribution in [1.82, 2.24) is 0 Å². The summed E-state index contributed by atoms with van der Waals surface area (Å²) in [4.78, 5) is 0.104. The topological polar surface area (TPSA) is 90.2 Å². The van der Waals surface area contributed by atoms with Crippen LogP contribution in [-0.2, 0) is 16.4 Å². The Morgan fingerprint density at radius 1 is 1.19 bits per heavy atom. The lowest BCUT2D eigenvalue weighted by molar-refractivity contribution is 0.471. The first kappa shape index (κ1) is 14.9. The third-order valence-corrected chi connectivity index (χ3v) is 4.45. The smallest absolute Gasteiger partial charge is 0.261 e. The van der Waals surface area contributed by atoms with Crippen LogP contribution >= 0.6 is 0 Å². The number of hydrogen-bond acceptors (Lipinski definition) is 4. The van der Waals surface area contributed by atoms with Crippen molar-refractivity contribution in [1.29, 1.82) is 5.26 Å². The third kappa shape index (κ3) is 3.33. The first-order chi connectivity index (χ1) is 9.94.